The number of aryl methyl sites for hydroxylation is 1. The Balaban J connectivity index is 1.51. The van der Waals surface area contributed by atoms with Crippen LogP contribution < -0.4 is 0 Å². The van der Waals surface area contributed by atoms with Crippen LogP contribution in [0.5, 0.6) is 0 Å². The van der Waals surface area contributed by atoms with Crippen molar-refractivity contribution >= 4 is 21.8 Å². The van der Waals surface area contributed by atoms with Crippen LogP contribution in [-0.2, 0) is 26.3 Å². The van der Waals surface area contributed by atoms with Gasteiger partial charge in [-0.2, -0.15) is 0 Å². The second kappa shape index (κ2) is 7.26. The van der Waals surface area contributed by atoms with E-state index in [0.717, 1.165) is 19.3 Å². The van der Waals surface area contributed by atoms with E-state index in [1.54, 1.807) is 0 Å². The summed E-state index contributed by atoms with van der Waals surface area (Å²) in [6.45, 7) is 6.93. The number of aromatic amines is 1. The van der Waals surface area contributed by atoms with Gasteiger partial charge in [-0.15, -0.1) is 0 Å². The van der Waals surface area contributed by atoms with Gasteiger partial charge in [0.05, 0.1) is 0 Å². The zero-order valence-corrected chi connectivity index (χ0v) is 16.9. The summed E-state index contributed by atoms with van der Waals surface area (Å²) in [6.07, 6.45) is 7.85. The zero-order chi connectivity index (χ0) is 19.0. The van der Waals surface area contributed by atoms with Crippen molar-refractivity contribution in [2.75, 3.05) is 0 Å². The van der Waals surface area contributed by atoms with Gasteiger partial charge in [-0.1, -0.05) is 51.1 Å². The van der Waals surface area contributed by atoms with Crippen LogP contribution in [0, 0.1) is 11.8 Å². The molecule has 1 atom stereocenters. The molecular weight excluding hydrogens is 328 g/mol. The third-order valence-electron chi connectivity index (χ3n) is 5.59. The molecule has 0 aliphatic carbocycles. The van der Waals surface area contributed by atoms with Crippen LogP contribution in [0.2, 0.25) is 0 Å². The monoisotopic (exact) mass is 358 g/mol. The first-order valence-corrected chi connectivity index (χ1v) is 10.1. The first-order chi connectivity index (χ1) is 13.0. The van der Waals surface area contributed by atoms with E-state index in [1.165, 1.54) is 38.5 Å². The van der Waals surface area contributed by atoms with Gasteiger partial charge in [-0.05, 0) is 59.9 Å². The maximum Gasteiger partial charge on any atom is 0.0480 e. The molecule has 4 rings (SSSR count). The summed E-state index contributed by atoms with van der Waals surface area (Å²) >= 11 is 0. The number of para-hydroxylation sites is 1. The Morgan fingerprint density at radius 2 is 1.70 bits per heavy atom. The van der Waals surface area contributed by atoms with Gasteiger partial charge in [-0.25, -0.2) is 0 Å². The number of H-pyrrole nitrogens is 1. The van der Waals surface area contributed by atoms with E-state index in [0.29, 0.717) is 11.8 Å². The molecule has 0 saturated heterocycles. The number of hydrogen-bond donors (Lipinski definition) is 1. The van der Waals surface area contributed by atoms with E-state index in [1.807, 2.05) is 0 Å². The Labute approximate surface area is 162 Å². The molecule has 2 aromatic heterocycles. The number of rotatable bonds is 6. The van der Waals surface area contributed by atoms with Gasteiger partial charge in [0.15, 0.2) is 0 Å². The molecular formula is C25H30N2. The van der Waals surface area contributed by atoms with Gasteiger partial charge in [0.1, 0.15) is 0 Å². The molecule has 140 valence electrons. The largest absolute Gasteiger partial charge is 0.361 e. The topological polar surface area (TPSA) is 20.7 Å². The molecule has 1 unspecified atom stereocenters. The van der Waals surface area contributed by atoms with E-state index in [4.69, 9.17) is 0 Å². The zero-order valence-electron chi connectivity index (χ0n) is 16.9. The van der Waals surface area contributed by atoms with Crippen molar-refractivity contribution in [3.05, 3.63) is 71.5 Å². The lowest BCUT2D eigenvalue weighted by atomic mass is 9.93. The molecule has 0 radical (unpaired) electrons. The average molecular weight is 359 g/mol. The summed E-state index contributed by atoms with van der Waals surface area (Å²) in [5.41, 5.74) is 6.93. The van der Waals surface area contributed by atoms with Crippen molar-refractivity contribution in [2.24, 2.45) is 18.9 Å². The Morgan fingerprint density at radius 3 is 2.52 bits per heavy atom. The molecule has 0 aliphatic rings. The maximum atomic E-state index is 3.48. The van der Waals surface area contributed by atoms with E-state index >= 15 is 0 Å². The van der Waals surface area contributed by atoms with Gasteiger partial charge in [-0.3, -0.25) is 0 Å². The van der Waals surface area contributed by atoms with Gasteiger partial charge in [0.2, 0.25) is 0 Å². The van der Waals surface area contributed by atoms with Crippen molar-refractivity contribution in [1.82, 2.24) is 9.55 Å². The van der Waals surface area contributed by atoms with E-state index in [2.05, 4.69) is 92.2 Å². The van der Waals surface area contributed by atoms with Crippen LogP contribution in [0.3, 0.4) is 0 Å². The van der Waals surface area contributed by atoms with Crippen molar-refractivity contribution in [3.63, 3.8) is 0 Å². The lowest BCUT2D eigenvalue weighted by Crippen LogP contribution is -2.03. The van der Waals surface area contributed by atoms with Crippen LogP contribution in [0.1, 0.15) is 37.5 Å². The molecule has 0 saturated carbocycles. The summed E-state index contributed by atoms with van der Waals surface area (Å²) < 4.78 is 2.25. The summed E-state index contributed by atoms with van der Waals surface area (Å²) in [5, 5.41) is 2.78. The Hall–Kier alpha value is -2.48. The van der Waals surface area contributed by atoms with Crippen LogP contribution in [0.25, 0.3) is 21.8 Å². The average Bonchev–Trinajstić information content (AvgIpc) is 3.16. The van der Waals surface area contributed by atoms with E-state index < -0.39 is 0 Å². The molecule has 2 aromatic carbocycles. The van der Waals surface area contributed by atoms with Crippen LogP contribution in [0.4, 0.5) is 0 Å². The molecule has 27 heavy (non-hydrogen) atoms. The number of fused-ring (bicyclic) bond motifs is 2. The summed E-state index contributed by atoms with van der Waals surface area (Å²) in [5.74, 6) is 1.29. The first kappa shape index (κ1) is 17.9. The maximum absolute atomic E-state index is 3.48. The summed E-state index contributed by atoms with van der Waals surface area (Å²) in [4.78, 5) is 3.48. The molecule has 2 heteroatoms. The minimum absolute atomic E-state index is 0.610. The molecule has 1 N–H and O–H groups in total. The molecule has 0 spiro atoms. The molecule has 0 bridgehead atoms. The number of aromatic nitrogens is 2. The van der Waals surface area contributed by atoms with Crippen LogP contribution >= 0.6 is 0 Å². The lowest BCUT2D eigenvalue weighted by Gasteiger charge is -2.11. The minimum atomic E-state index is 0.610. The number of hydrogen-bond acceptors (Lipinski definition) is 0. The van der Waals surface area contributed by atoms with Gasteiger partial charge < -0.3 is 9.55 Å². The fraction of sp³-hybridized carbons (Fsp3) is 0.360. The molecule has 0 aliphatic heterocycles. The third-order valence-corrected chi connectivity index (χ3v) is 5.59. The molecule has 0 fully saturated rings. The Bertz CT molecular complexity index is 1060. The Morgan fingerprint density at radius 1 is 0.889 bits per heavy atom. The van der Waals surface area contributed by atoms with Crippen LogP contribution in [-0.4, -0.2) is 9.55 Å². The highest BCUT2D eigenvalue weighted by molar-refractivity contribution is 5.84. The van der Waals surface area contributed by atoms with Crippen molar-refractivity contribution in [3.8, 4) is 0 Å². The number of nitrogens with zero attached hydrogens (tertiary/aromatic N) is 1. The van der Waals surface area contributed by atoms with Crippen molar-refractivity contribution < 1.29 is 0 Å². The predicted molar refractivity (Wildman–Crippen MR) is 116 cm³/mol. The SMILES string of the molecule is CC(C)Cc1c[nH]c2cc(CC(C)Cc3cn(C)c4ccccc34)ccc12. The second-order valence-corrected chi connectivity index (χ2v) is 8.59. The van der Waals surface area contributed by atoms with Crippen LogP contribution in [0.15, 0.2) is 54.9 Å². The van der Waals surface area contributed by atoms with E-state index in [-0.39, 0.29) is 0 Å². The minimum Gasteiger partial charge on any atom is -0.361 e. The standard InChI is InChI=1S/C25H30N2/c1-17(2)11-20-15-26-24-14-19(9-10-22(20)24)12-18(3)13-21-16-27(4)25-8-6-5-7-23(21)25/h5-10,14-18,26H,11-13H2,1-4H3. The first-order valence-electron chi connectivity index (χ1n) is 10.1. The number of nitrogens with one attached hydrogen (secondary N) is 1. The van der Waals surface area contributed by atoms with Gasteiger partial charge in [0.25, 0.3) is 0 Å². The quantitative estimate of drug-likeness (QED) is 0.419. The fourth-order valence-electron chi connectivity index (χ4n) is 4.41. The van der Waals surface area contributed by atoms with Crippen molar-refractivity contribution in [2.45, 2.75) is 40.0 Å². The smallest absolute Gasteiger partial charge is 0.0480 e. The highest BCUT2D eigenvalue weighted by Crippen LogP contribution is 2.26. The second-order valence-electron chi connectivity index (χ2n) is 8.59. The van der Waals surface area contributed by atoms with E-state index in [9.17, 15) is 0 Å². The Kier molecular flexibility index (Phi) is 4.82. The molecule has 4 aromatic rings. The normalized spacial score (nSPS) is 13.1. The highest BCUT2D eigenvalue weighted by Gasteiger charge is 2.12. The van der Waals surface area contributed by atoms with Gasteiger partial charge >= 0.3 is 0 Å². The fourth-order valence-corrected chi connectivity index (χ4v) is 4.41. The summed E-state index contributed by atoms with van der Waals surface area (Å²) in [7, 11) is 2.14. The summed E-state index contributed by atoms with van der Waals surface area (Å²) in [6, 6.07) is 15.7. The molecule has 2 nitrogen and oxygen atoms in total. The highest BCUT2D eigenvalue weighted by atomic mass is 14.9. The molecule has 0 amide bonds. The lowest BCUT2D eigenvalue weighted by molar-refractivity contribution is 0.579. The van der Waals surface area contributed by atoms with Gasteiger partial charge in [0, 0.05) is 41.2 Å². The third kappa shape index (κ3) is 3.66. The molecule has 2 heterocycles. The predicted octanol–water partition coefficient (Wildman–Crippen LogP) is 6.28. The number of benzene rings is 2. The van der Waals surface area contributed by atoms with Crippen molar-refractivity contribution in [1.29, 1.82) is 0 Å².